The minimum absolute atomic E-state index is 0.126. The van der Waals surface area contributed by atoms with Gasteiger partial charge in [-0.25, -0.2) is 0 Å². The quantitative estimate of drug-likeness (QED) is 0.301. The molecule has 0 radical (unpaired) electrons. The Bertz CT molecular complexity index is 303. The van der Waals surface area contributed by atoms with E-state index in [0.29, 0.717) is 19.8 Å². The Morgan fingerprint density at radius 3 is 3.06 bits per heavy atom. The Balaban J connectivity index is 2.47. The molecular formula is C8H14BN2O3PS. The maximum atomic E-state index is 11.8. The summed E-state index contributed by atoms with van der Waals surface area (Å²) >= 11 is 1.27. The molecule has 0 N–H and O–H groups in total. The molecule has 1 fully saturated rings. The van der Waals surface area contributed by atoms with Crippen LogP contribution in [-0.2, 0) is 14.3 Å². The predicted octanol–water partition coefficient (Wildman–Crippen LogP) is 0.476. The van der Waals surface area contributed by atoms with Gasteiger partial charge in [-0.1, -0.05) is 0 Å². The van der Waals surface area contributed by atoms with E-state index in [-0.39, 0.29) is 23.5 Å². The van der Waals surface area contributed by atoms with E-state index in [1.165, 1.54) is 16.5 Å². The Kier molecular flexibility index (Phi) is 6.17. The van der Waals surface area contributed by atoms with E-state index in [1.54, 1.807) is 6.35 Å². The van der Waals surface area contributed by atoms with Crippen LogP contribution in [0.1, 0.15) is 13.3 Å². The van der Waals surface area contributed by atoms with Crippen molar-refractivity contribution in [3.8, 4) is 0 Å². The van der Waals surface area contributed by atoms with Crippen LogP contribution >= 0.6 is 21.0 Å². The van der Waals surface area contributed by atoms with E-state index < -0.39 is 0 Å². The molecule has 1 aliphatic heterocycles. The second-order valence-electron chi connectivity index (χ2n) is 3.16. The number of ether oxygens (including phenoxy) is 1. The van der Waals surface area contributed by atoms with Crippen LogP contribution in [0.2, 0.25) is 0 Å². The topological polar surface area (TPSA) is 59.0 Å². The molecule has 16 heavy (non-hydrogen) atoms. The first-order valence-electron chi connectivity index (χ1n) is 4.99. The van der Waals surface area contributed by atoms with Gasteiger partial charge in [0.15, 0.2) is 0 Å². The second-order valence-corrected chi connectivity index (χ2v) is 4.51. The van der Waals surface area contributed by atoms with E-state index in [2.05, 4.69) is 14.1 Å². The normalized spacial score (nSPS) is 20.9. The van der Waals surface area contributed by atoms with Gasteiger partial charge < -0.3 is 0 Å². The third kappa shape index (κ3) is 3.65. The van der Waals surface area contributed by atoms with Crippen molar-refractivity contribution in [3.05, 3.63) is 0 Å². The molecule has 88 valence electrons. The molecule has 0 aliphatic carbocycles. The van der Waals surface area contributed by atoms with Crippen LogP contribution in [0.15, 0.2) is 4.67 Å². The van der Waals surface area contributed by atoms with Gasteiger partial charge in [0.25, 0.3) is 0 Å². The van der Waals surface area contributed by atoms with Crippen LogP contribution in [0, 0.1) is 0 Å². The molecule has 2 atom stereocenters. The third-order valence-electron chi connectivity index (χ3n) is 2.15. The second kappa shape index (κ2) is 7.15. The minimum atomic E-state index is -0.321. The number of rotatable bonds is 6. The van der Waals surface area contributed by atoms with Crippen molar-refractivity contribution in [1.82, 2.24) is 4.90 Å². The molecule has 1 saturated heterocycles. The van der Waals surface area contributed by atoms with Gasteiger partial charge in [0.05, 0.1) is 0 Å². The zero-order valence-corrected chi connectivity index (χ0v) is 11.1. The number of hydrogen-bond acceptors (Lipinski definition) is 5. The molecule has 1 aliphatic rings. The van der Waals surface area contributed by atoms with Crippen molar-refractivity contribution in [2.24, 2.45) is 4.67 Å². The van der Waals surface area contributed by atoms with Gasteiger partial charge in [0.2, 0.25) is 0 Å². The summed E-state index contributed by atoms with van der Waals surface area (Å²) in [6, 6.07) is 0. The Morgan fingerprint density at radius 2 is 2.44 bits per heavy atom. The zero-order valence-electron chi connectivity index (χ0n) is 9.09. The SMILES string of the molecule is CCOCCN1C(=O)CC(S/B=N/P)C1=O. The summed E-state index contributed by atoms with van der Waals surface area (Å²) in [5.74, 6) is -0.265. The van der Waals surface area contributed by atoms with Crippen LogP contribution in [0.25, 0.3) is 0 Å². The fourth-order valence-corrected chi connectivity index (χ4v) is 2.31. The van der Waals surface area contributed by atoms with Crippen molar-refractivity contribution in [3.63, 3.8) is 0 Å². The molecule has 2 amide bonds. The third-order valence-corrected chi connectivity index (χ3v) is 3.46. The predicted molar refractivity (Wildman–Crippen MR) is 67.1 cm³/mol. The molecule has 2 unspecified atom stereocenters. The molecule has 0 aromatic carbocycles. The van der Waals surface area contributed by atoms with Crippen LogP contribution < -0.4 is 0 Å². The van der Waals surface area contributed by atoms with E-state index in [4.69, 9.17) is 4.74 Å². The van der Waals surface area contributed by atoms with Crippen LogP contribution in [-0.4, -0.2) is 48.1 Å². The summed E-state index contributed by atoms with van der Waals surface area (Å²) in [4.78, 5) is 24.6. The van der Waals surface area contributed by atoms with E-state index in [1.807, 2.05) is 6.92 Å². The maximum absolute atomic E-state index is 11.8. The summed E-state index contributed by atoms with van der Waals surface area (Å²) in [5, 5.41) is -0.321. The number of hydrogen-bond donors (Lipinski definition) is 0. The summed E-state index contributed by atoms with van der Waals surface area (Å²) in [5.41, 5.74) is 0. The first kappa shape index (κ1) is 13.8. The standard InChI is InChI=1S/C8H14BN2O3PS/c1-2-14-4-3-11-7(12)5-6(8(11)13)16-9-10-15/h6H,2-5,15H2,1H3. The Labute approximate surface area is 102 Å². The molecule has 1 heterocycles. The Hall–Kier alpha value is -0.255. The van der Waals surface area contributed by atoms with Gasteiger partial charge in [0.1, 0.15) is 0 Å². The van der Waals surface area contributed by atoms with E-state index in [0.717, 1.165) is 0 Å². The van der Waals surface area contributed by atoms with Crippen molar-refractivity contribution >= 4 is 39.2 Å². The molecule has 0 spiro atoms. The number of carbonyl (C=O) groups is 2. The molecule has 0 saturated carbocycles. The van der Waals surface area contributed by atoms with Gasteiger partial charge in [-0.05, 0) is 0 Å². The molecule has 0 aromatic heterocycles. The monoisotopic (exact) mass is 260 g/mol. The molecule has 0 aromatic rings. The summed E-state index contributed by atoms with van der Waals surface area (Å²) < 4.78 is 8.83. The zero-order chi connectivity index (χ0) is 12.0. The number of likely N-dealkylation sites (tertiary alicyclic amines) is 1. The number of imide groups is 1. The molecule has 8 heteroatoms. The van der Waals surface area contributed by atoms with Gasteiger partial charge in [-0.3, -0.25) is 0 Å². The van der Waals surface area contributed by atoms with Crippen molar-refractivity contribution in [2.75, 3.05) is 19.8 Å². The summed E-state index contributed by atoms with van der Waals surface area (Å²) in [6.07, 6.45) is 1.82. The molecule has 0 bridgehead atoms. The Morgan fingerprint density at radius 1 is 1.69 bits per heavy atom. The molecule has 1 rings (SSSR count). The van der Waals surface area contributed by atoms with Crippen molar-refractivity contribution < 1.29 is 14.3 Å². The van der Waals surface area contributed by atoms with Crippen LogP contribution in [0.3, 0.4) is 0 Å². The van der Waals surface area contributed by atoms with Crippen molar-refractivity contribution in [2.45, 2.75) is 18.6 Å². The van der Waals surface area contributed by atoms with Crippen LogP contribution in [0.5, 0.6) is 0 Å². The van der Waals surface area contributed by atoms with E-state index in [9.17, 15) is 9.59 Å². The first-order chi connectivity index (χ1) is 7.70. The summed E-state index contributed by atoms with van der Waals surface area (Å²) in [7, 11) is 2.19. The van der Waals surface area contributed by atoms with E-state index >= 15 is 0 Å². The fourth-order valence-electron chi connectivity index (χ4n) is 1.40. The average molecular weight is 260 g/mol. The van der Waals surface area contributed by atoms with Crippen LogP contribution in [0.4, 0.5) is 0 Å². The van der Waals surface area contributed by atoms with Gasteiger partial charge in [0, 0.05) is 0 Å². The van der Waals surface area contributed by atoms with Gasteiger partial charge in [-0.15, -0.1) is 0 Å². The van der Waals surface area contributed by atoms with Gasteiger partial charge in [-0.2, -0.15) is 0 Å². The fraction of sp³-hybridized carbons (Fsp3) is 0.750. The first-order valence-corrected chi connectivity index (χ1v) is 6.45. The van der Waals surface area contributed by atoms with Crippen molar-refractivity contribution in [1.29, 1.82) is 0 Å². The number of nitrogens with zero attached hydrogens (tertiary/aromatic N) is 2. The molecular weight excluding hydrogens is 246 g/mol. The number of amides is 2. The van der Waals surface area contributed by atoms with Gasteiger partial charge >= 0.3 is 101 Å². The summed E-state index contributed by atoms with van der Waals surface area (Å²) in [6.45, 7) is 3.22. The molecule has 5 nitrogen and oxygen atoms in total. The number of carbonyl (C=O) groups excluding carboxylic acids is 2. The average Bonchev–Trinajstić information content (AvgIpc) is 2.54.